The van der Waals surface area contributed by atoms with Gasteiger partial charge >= 0.3 is 0 Å². The minimum atomic E-state index is -4.04. The number of carbonyl (C=O) groups excluding carboxylic acids is 1. The Kier molecular flexibility index (Phi) is 7.71. The van der Waals surface area contributed by atoms with Crippen LogP contribution in [-0.2, 0) is 20.6 Å². The van der Waals surface area contributed by atoms with Crippen molar-refractivity contribution < 1.29 is 17.9 Å². The van der Waals surface area contributed by atoms with Gasteiger partial charge in [-0.1, -0.05) is 28.1 Å². The molecule has 6 nitrogen and oxygen atoms in total. The second-order valence-corrected chi connectivity index (χ2v) is 8.91. The Morgan fingerprint density at radius 1 is 1.26 bits per heavy atom. The third-order valence-electron chi connectivity index (χ3n) is 3.33. The first kappa shape index (κ1) is 21.3. The molecule has 0 saturated carbocycles. The van der Waals surface area contributed by atoms with Crippen LogP contribution < -0.4 is 9.46 Å². The zero-order valence-electron chi connectivity index (χ0n) is 14.4. The van der Waals surface area contributed by atoms with Crippen LogP contribution in [0.5, 0.6) is 5.75 Å². The Labute approximate surface area is 171 Å². The predicted octanol–water partition coefficient (Wildman–Crippen LogP) is 3.46. The van der Waals surface area contributed by atoms with Crippen molar-refractivity contribution in [3.8, 4) is 11.8 Å². The number of hydrogen-bond acceptors (Lipinski definition) is 6. The molecule has 0 bridgehead atoms. The first-order chi connectivity index (χ1) is 12.9. The van der Waals surface area contributed by atoms with E-state index >= 15 is 0 Å². The van der Waals surface area contributed by atoms with E-state index in [4.69, 9.17) is 10.00 Å². The molecular formula is C18H17BrN2O4S2. The van der Waals surface area contributed by atoms with E-state index in [0.29, 0.717) is 22.4 Å². The second kappa shape index (κ2) is 9.78. The van der Waals surface area contributed by atoms with Crippen molar-refractivity contribution in [1.29, 1.82) is 5.26 Å². The number of thioether (sulfide) groups is 1. The second-order valence-electron chi connectivity index (χ2n) is 5.35. The van der Waals surface area contributed by atoms with E-state index in [1.165, 1.54) is 23.9 Å². The average Bonchev–Trinajstić information content (AvgIpc) is 2.63. The molecule has 27 heavy (non-hydrogen) atoms. The molecule has 0 heterocycles. The molecule has 142 valence electrons. The maximum atomic E-state index is 12.5. The summed E-state index contributed by atoms with van der Waals surface area (Å²) in [7, 11) is -4.04. The number of amides is 1. The molecule has 0 unspecified atom stereocenters. The Bertz CT molecular complexity index is 954. The van der Waals surface area contributed by atoms with Crippen LogP contribution in [-0.4, -0.2) is 26.7 Å². The number of rotatable bonds is 8. The highest BCUT2D eigenvalue weighted by Gasteiger charge is 2.22. The molecule has 9 heteroatoms. The molecule has 0 aliphatic carbocycles. The van der Waals surface area contributed by atoms with Crippen molar-refractivity contribution in [2.24, 2.45) is 0 Å². The van der Waals surface area contributed by atoms with Crippen LogP contribution in [0.2, 0.25) is 0 Å². The summed E-state index contributed by atoms with van der Waals surface area (Å²) in [6.07, 6.45) is 0. The van der Waals surface area contributed by atoms with Gasteiger partial charge in [0.2, 0.25) is 5.91 Å². The topological polar surface area (TPSA) is 96.3 Å². The van der Waals surface area contributed by atoms with E-state index in [0.717, 1.165) is 5.56 Å². The van der Waals surface area contributed by atoms with Gasteiger partial charge < -0.3 is 4.74 Å². The molecule has 2 rings (SSSR count). The summed E-state index contributed by atoms with van der Waals surface area (Å²) < 4.78 is 33.0. The molecule has 0 aliphatic rings. The molecule has 0 spiro atoms. The quantitative estimate of drug-likeness (QED) is 0.636. The van der Waals surface area contributed by atoms with Crippen molar-refractivity contribution in [2.75, 3.05) is 12.4 Å². The zero-order valence-corrected chi connectivity index (χ0v) is 17.7. The summed E-state index contributed by atoms with van der Waals surface area (Å²) in [5.41, 5.74) is 1.51. The maximum Gasteiger partial charge on any atom is 0.267 e. The third-order valence-corrected chi connectivity index (χ3v) is 6.22. The fraction of sp³-hybridized carbons (Fsp3) is 0.222. The van der Waals surface area contributed by atoms with E-state index < -0.39 is 15.9 Å². The monoisotopic (exact) mass is 468 g/mol. The van der Waals surface area contributed by atoms with Gasteiger partial charge in [-0.15, -0.1) is 11.8 Å². The Hall–Kier alpha value is -2.02. The number of nitriles is 1. The minimum Gasteiger partial charge on any atom is -0.492 e. The van der Waals surface area contributed by atoms with E-state index in [1.807, 2.05) is 6.07 Å². The van der Waals surface area contributed by atoms with Crippen LogP contribution in [0.25, 0.3) is 0 Å². The zero-order chi connectivity index (χ0) is 19.9. The van der Waals surface area contributed by atoms with Crippen LogP contribution in [0.4, 0.5) is 0 Å². The van der Waals surface area contributed by atoms with Gasteiger partial charge in [0.25, 0.3) is 10.0 Å². The number of benzene rings is 2. The first-order valence-electron chi connectivity index (χ1n) is 7.90. The molecule has 0 aromatic heterocycles. The summed E-state index contributed by atoms with van der Waals surface area (Å²) in [5.74, 6) is 0.0829. The lowest BCUT2D eigenvalue weighted by atomic mass is 10.2. The number of nitrogens with one attached hydrogen (secondary N) is 1. The number of halogens is 1. The fourth-order valence-corrected chi connectivity index (χ4v) is 4.69. The van der Waals surface area contributed by atoms with Crippen LogP contribution in [0, 0.1) is 11.3 Å². The van der Waals surface area contributed by atoms with Crippen molar-refractivity contribution in [2.45, 2.75) is 17.6 Å². The minimum absolute atomic E-state index is 0.0167. The van der Waals surface area contributed by atoms with Crippen LogP contribution in [0.15, 0.2) is 51.8 Å². The number of nitrogens with zero attached hydrogens (tertiary/aromatic N) is 1. The summed E-state index contributed by atoms with van der Waals surface area (Å²) in [6.45, 7) is 2.05. The number of hydrogen-bond donors (Lipinski definition) is 1. The fourth-order valence-electron chi connectivity index (χ4n) is 2.14. The number of sulfonamides is 1. The summed E-state index contributed by atoms with van der Waals surface area (Å²) >= 11 is 4.51. The standard InChI is InChI=1S/C18H17BrN2O4S2/c1-2-25-16-8-7-15(19)9-17(16)27(23,24)21-18(22)12-26-11-14-5-3-13(10-20)4-6-14/h3-9H,2,11-12H2,1H3,(H,21,22). The van der Waals surface area contributed by atoms with Gasteiger partial charge in [-0.25, -0.2) is 13.1 Å². The highest BCUT2D eigenvalue weighted by Crippen LogP contribution is 2.27. The Morgan fingerprint density at radius 2 is 1.96 bits per heavy atom. The van der Waals surface area contributed by atoms with Crippen LogP contribution >= 0.6 is 27.7 Å². The third kappa shape index (κ3) is 6.27. The van der Waals surface area contributed by atoms with Gasteiger partial charge in [0.15, 0.2) is 0 Å². The van der Waals surface area contributed by atoms with E-state index in [1.54, 1.807) is 37.3 Å². The summed E-state index contributed by atoms with van der Waals surface area (Å²) in [5, 5.41) is 8.77. The highest BCUT2D eigenvalue weighted by atomic mass is 79.9. The van der Waals surface area contributed by atoms with Gasteiger partial charge in [0.05, 0.1) is 24.0 Å². The van der Waals surface area contributed by atoms with Gasteiger partial charge in [0.1, 0.15) is 10.6 Å². The molecule has 2 aromatic carbocycles. The SMILES string of the molecule is CCOc1ccc(Br)cc1S(=O)(=O)NC(=O)CSCc1ccc(C#N)cc1. The highest BCUT2D eigenvalue weighted by molar-refractivity contribution is 9.10. The Balaban J connectivity index is 1.98. The first-order valence-corrected chi connectivity index (χ1v) is 11.3. The van der Waals surface area contributed by atoms with Crippen molar-refractivity contribution in [3.05, 3.63) is 58.1 Å². The normalized spacial score (nSPS) is 10.9. The predicted molar refractivity (Wildman–Crippen MR) is 108 cm³/mol. The van der Waals surface area contributed by atoms with Crippen molar-refractivity contribution in [1.82, 2.24) is 4.72 Å². The summed E-state index contributed by atoms with van der Waals surface area (Å²) in [6, 6.07) is 13.6. The summed E-state index contributed by atoms with van der Waals surface area (Å²) in [4.78, 5) is 12.0. The molecule has 0 aliphatic heterocycles. The largest absolute Gasteiger partial charge is 0.492 e. The van der Waals surface area contributed by atoms with Gasteiger partial charge in [-0.3, -0.25) is 4.79 Å². The lowest BCUT2D eigenvalue weighted by Gasteiger charge is -2.12. The van der Waals surface area contributed by atoms with Gasteiger partial charge in [-0.05, 0) is 42.8 Å². The molecule has 1 amide bonds. The van der Waals surface area contributed by atoms with Gasteiger partial charge in [0, 0.05) is 10.2 Å². The van der Waals surface area contributed by atoms with E-state index in [-0.39, 0.29) is 16.4 Å². The molecule has 2 aromatic rings. The average molecular weight is 469 g/mol. The lowest BCUT2D eigenvalue weighted by Crippen LogP contribution is -2.32. The lowest BCUT2D eigenvalue weighted by molar-refractivity contribution is -0.116. The molecule has 0 atom stereocenters. The van der Waals surface area contributed by atoms with Crippen molar-refractivity contribution >= 4 is 43.6 Å². The van der Waals surface area contributed by atoms with E-state index in [9.17, 15) is 13.2 Å². The molecule has 0 fully saturated rings. The molecule has 0 saturated heterocycles. The maximum absolute atomic E-state index is 12.5. The number of carbonyl (C=O) groups is 1. The van der Waals surface area contributed by atoms with Crippen LogP contribution in [0.3, 0.4) is 0 Å². The van der Waals surface area contributed by atoms with Crippen molar-refractivity contribution in [3.63, 3.8) is 0 Å². The molecular weight excluding hydrogens is 452 g/mol. The number of ether oxygens (including phenoxy) is 1. The Morgan fingerprint density at radius 3 is 2.59 bits per heavy atom. The molecule has 0 radical (unpaired) electrons. The molecule has 1 N–H and O–H groups in total. The smallest absolute Gasteiger partial charge is 0.267 e. The van der Waals surface area contributed by atoms with Gasteiger partial charge in [-0.2, -0.15) is 5.26 Å². The van der Waals surface area contributed by atoms with E-state index in [2.05, 4.69) is 20.7 Å². The van der Waals surface area contributed by atoms with Crippen LogP contribution in [0.1, 0.15) is 18.1 Å².